The lowest BCUT2D eigenvalue weighted by Gasteiger charge is -2.29. The molecule has 0 aliphatic heterocycles. The van der Waals surface area contributed by atoms with Gasteiger partial charge in [0.05, 0.1) is 5.92 Å². The molecule has 0 aromatic carbocycles. The largest absolute Gasteiger partial charge is 0.378 e. The number of nitrogens with zero attached hydrogens (tertiary/aromatic N) is 1. The molecular weight excluding hydrogens is 180 g/mol. The number of hydrogen-bond acceptors (Lipinski definition) is 3. The van der Waals surface area contributed by atoms with Crippen molar-refractivity contribution in [2.75, 3.05) is 20.6 Å². The number of aliphatic hydroxyl groups is 1. The van der Waals surface area contributed by atoms with Crippen LogP contribution in [-0.2, 0) is 4.79 Å². The molecule has 4 heteroatoms. The quantitative estimate of drug-likeness (QED) is 0.629. The number of carbonyl (C=O) groups excluding carboxylic acids is 1. The van der Waals surface area contributed by atoms with Gasteiger partial charge in [-0.3, -0.25) is 9.69 Å². The van der Waals surface area contributed by atoms with E-state index in [1.807, 2.05) is 20.8 Å². The molecule has 14 heavy (non-hydrogen) atoms. The Morgan fingerprint density at radius 2 is 1.93 bits per heavy atom. The first-order valence-corrected chi connectivity index (χ1v) is 5.04. The van der Waals surface area contributed by atoms with Gasteiger partial charge in [0, 0.05) is 6.54 Å². The minimum absolute atomic E-state index is 0.0799. The van der Waals surface area contributed by atoms with E-state index in [-0.39, 0.29) is 17.7 Å². The zero-order chi connectivity index (χ0) is 11.3. The molecule has 4 nitrogen and oxygen atoms in total. The summed E-state index contributed by atoms with van der Waals surface area (Å²) in [6.45, 7) is 6.35. The lowest BCUT2D eigenvalue weighted by Crippen LogP contribution is -2.46. The van der Waals surface area contributed by atoms with Gasteiger partial charge in [0.1, 0.15) is 6.23 Å². The van der Waals surface area contributed by atoms with Crippen LogP contribution in [0, 0.1) is 11.8 Å². The van der Waals surface area contributed by atoms with E-state index < -0.39 is 6.23 Å². The van der Waals surface area contributed by atoms with E-state index in [0.717, 1.165) is 0 Å². The molecule has 1 amide bonds. The molecule has 2 atom stereocenters. The Kier molecular flexibility index (Phi) is 5.72. The molecule has 84 valence electrons. The highest BCUT2D eigenvalue weighted by Crippen LogP contribution is 2.17. The minimum atomic E-state index is -0.721. The van der Waals surface area contributed by atoms with Crippen LogP contribution in [0.5, 0.6) is 0 Å². The van der Waals surface area contributed by atoms with Crippen LogP contribution in [-0.4, -0.2) is 42.8 Å². The second-order valence-electron chi connectivity index (χ2n) is 4.04. The summed E-state index contributed by atoms with van der Waals surface area (Å²) in [5, 5.41) is 12.6. The molecule has 0 aromatic rings. The van der Waals surface area contributed by atoms with Gasteiger partial charge in [-0.1, -0.05) is 13.8 Å². The molecule has 0 rings (SSSR count). The zero-order valence-corrected chi connectivity index (χ0v) is 9.74. The maximum atomic E-state index is 11.6. The molecule has 0 radical (unpaired) electrons. The minimum Gasteiger partial charge on any atom is -0.378 e. The van der Waals surface area contributed by atoms with E-state index in [2.05, 4.69) is 5.32 Å². The van der Waals surface area contributed by atoms with Crippen LogP contribution >= 0.6 is 0 Å². The molecule has 0 spiro atoms. The van der Waals surface area contributed by atoms with Crippen molar-refractivity contribution < 1.29 is 9.90 Å². The molecule has 0 fully saturated rings. The van der Waals surface area contributed by atoms with Crippen LogP contribution in [0.3, 0.4) is 0 Å². The Morgan fingerprint density at radius 3 is 2.21 bits per heavy atom. The molecule has 0 aliphatic rings. The lowest BCUT2D eigenvalue weighted by atomic mass is 9.92. The molecule has 0 saturated heterocycles. The average molecular weight is 202 g/mol. The normalized spacial score (nSPS) is 15.7. The van der Waals surface area contributed by atoms with Gasteiger partial charge in [-0.25, -0.2) is 0 Å². The standard InChI is InChI=1S/C10H22N2O2/c1-6-11-9(13)8(7(2)3)10(14)12(4)5/h7-8,10,14H,6H2,1-5H3,(H,11,13). The van der Waals surface area contributed by atoms with Gasteiger partial charge >= 0.3 is 0 Å². The predicted molar refractivity (Wildman–Crippen MR) is 56.7 cm³/mol. The molecule has 0 heterocycles. The van der Waals surface area contributed by atoms with Crippen molar-refractivity contribution in [3.05, 3.63) is 0 Å². The van der Waals surface area contributed by atoms with Crippen LogP contribution in [0.25, 0.3) is 0 Å². The van der Waals surface area contributed by atoms with E-state index in [1.54, 1.807) is 19.0 Å². The highest BCUT2D eigenvalue weighted by molar-refractivity contribution is 5.79. The van der Waals surface area contributed by atoms with Crippen molar-refractivity contribution in [3.8, 4) is 0 Å². The van der Waals surface area contributed by atoms with Crippen molar-refractivity contribution in [2.24, 2.45) is 11.8 Å². The van der Waals surface area contributed by atoms with Crippen molar-refractivity contribution in [1.82, 2.24) is 10.2 Å². The summed E-state index contributed by atoms with van der Waals surface area (Å²) in [7, 11) is 3.53. The lowest BCUT2D eigenvalue weighted by molar-refractivity contribution is -0.135. The number of carbonyl (C=O) groups is 1. The number of hydrogen-bond donors (Lipinski definition) is 2. The maximum Gasteiger partial charge on any atom is 0.227 e. The molecule has 0 aliphatic carbocycles. The summed E-state index contributed by atoms with van der Waals surface area (Å²) in [5.41, 5.74) is 0. The maximum absolute atomic E-state index is 11.6. The third-order valence-electron chi connectivity index (χ3n) is 2.22. The van der Waals surface area contributed by atoms with Gasteiger partial charge in [-0.2, -0.15) is 0 Å². The number of rotatable bonds is 5. The summed E-state index contributed by atoms with van der Waals surface area (Å²) >= 11 is 0. The van der Waals surface area contributed by atoms with Gasteiger partial charge in [-0.15, -0.1) is 0 Å². The van der Waals surface area contributed by atoms with E-state index in [0.29, 0.717) is 6.54 Å². The van der Waals surface area contributed by atoms with E-state index in [4.69, 9.17) is 0 Å². The molecule has 0 aromatic heterocycles. The summed E-state index contributed by atoms with van der Waals surface area (Å²) in [6.07, 6.45) is -0.721. The third kappa shape index (κ3) is 3.64. The van der Waals surface area contributed by atoms with Gasteiger partial charge in [0.2, 0.25) is 5.91 Å². The molecular formula is C10H22N2O2. The van der Waals surface area contributed by atoms with Crippen molar-refractivity contribution in [1.29, 1.82) is 0 Å². The Morgan fingerprint density at radius 1 is 1.43 bits per heavy atom. The fourth-order valence-corrected chi connectivity index (χ4v) is 1.40. The Bertz CT molecular complexity index is 181. The number of nitrogens with one attached hydrogen (secondary N) is 1. The zero-order valence-electron chi connectivity index (χ0n) is 9.74. The summed E-state index contributed by atoms with van der Waals surface area (Å²) in [5.74, 6) is -0.326. The molecule has 0 bridgehead atoms. The fraction of sp³-hybridized carbons (Fsp3) is 0.900. The second-order valence-corrected chi connectivity index (χ2v) is 4.04. The summed E-state index contributed by atoms with van der Waals surface area (Å²) < 4.78 is 0. The Labute approximate surface area is 86.3 Å². The van der Waals surface area contributed by atoms with Crippen molar-refractivity contribution in [2.45, 2.75) is 27.0 Å². The predicted octanol–water partition coefficient (Wildman–Crippen LogP) is 0.275. The van der Waals surface area contributed by atoms with Gasteiger partial charge < -0.3 is 10.4 Å². The highest BCUT2D eigenvalue weighted by Gasteiger charge is 2.30. The first-order valence-electron chi connectivity index (χ1n) is 5.04. The number of amides is 1. The third-order valence-corrected chi connectivity index (χ3v) is 2.22. The topological polar surface area (TPSA) is 52.6 Å². The Balaban J connectivity index is 4.51. The Hall–Kier alpha value is -0.610. The van der Waals surface area contributed by atoms with Crippen LogP contribution in [0.1, 0.15) is 20.8 Å². The first kappa shape index (κ1) is 13.4. The van der Waals surface area contributed by atoms with Gasteiger partial charge in [-0.05, 0) is 26.9 Å². The van der Waals surface area contributed by atoms with Crippen molar-refractivity contribution >= 4 is 5.91 Å². The van der Waals surface area contributed by atoms with Crippen LogP contribution < -0.4 is 5.32 Å². The van der Waals surface area contributed by atoms with Crippen LogP contribution in [0.2, 0.25) is 0 Å². The summed E-state index contributed by atoms with van der Waals surface area (Å²) in [6, 6.07) is 0. The smallest absolute Gasteiger partial charge is 0.227 e. The van der Waals surface area contributed by atoms with Gasteiger partial charge in [0.25, 0.3) is 0 Å². The van der Waals surface area contributed by atoms with Crippen LogP contribution in [0.15, 0.2) is 0 Å². The van der Waals surface area contributed by atoms with Crippen LogP contribution in [0.4, 0.5) is 0 Å². The SMILES string of the molecule is CCNC(=O)C(C(C)C)C(O)N(C)C. The summed E-state index contributed by atoms with van der Waals surface area (Å²) in [4.78, 5) is 13.3. The molecule has 0 saturated carbocycles. The van der Waals surface area contributed by atoms with E-state index >= 15 is 0 Å². The second kappa shape index (κ2) is 5.98. The first-order chi connectivity index (χ1) is 6.41. The van der Waals surface area contributed by atoms with Gasteiger partial charge in [0.15, 0.2) is 0 Å². The van der Waals surface area contributed by atoms with E-state index in [9.17, 15) is 9.90 Å². The highest BCUT2D eigenvalue weighted by atomic mass is 16.3. The fourth-order valence-electron chi connectivity index (χ4n) is 1.40. The molecule has 2 unspecified atom stereocenters. The number of aliphatic hydroxyl groups excluding tert-OH is 1. The monoisotopic (exact) mass is 202 g/mol. The van der Waals surface area contributed by atoms with E-state index in [1.165, 1.54) is 0 Å². The van der Waals surface area contributed by atoms with Crippen molar-refractivity contribution in [3.63, 3.8) is 0 Å². The average Bonchev–Trinajstić information content (AvgIpc) is 2.03. The molecule has 2 N–H and O–H groups in total.